The summed E-state index contributed by atoms with van der Waals surface area (Å²) in [5.41, 5.74) is 6.44. The van der Waals surface area contributed by atoms with Crippen LogP contribution in [0.15, 0.2) is 16.7 Å². The Hall–Kier alpha value is -0.840. The van der Waals surface area contributed by atoms with E-state index >= 15 is 0 Å². The third kappa shape index (κ3) is 2.09. The molecule has 0 radical (unpaired) electrons. The van der Waals surface area contributed by atoms with E-state index in [1.165, 1.54) is 0 Å². The molecule has 1 aliphatic rings. The van der Waals surface area contributed by atoms with Crippen molar-refractivity contribution in [3.05, 3.63) is 23.7 Å². The average molecular weight is 183 g/mol. The van der Waals surface area contributed by atoms with Gasteiger partial charge in [0.2, 0.25) is 0 Å². The maximum Gasteiger partial charge on any atom is 0.129 e. The van der Waals surface area contributed by atoms with Crippen molar-refractivity contribution in [1.82, 2.24) is 0 Å². The lowest BCUT2D eigenvalue weighted by Crippen LogP contribution is -2.35. The van der Waals surface area contributed by atoms with Crippen molar-refractivity contribution >= 4 is 0 Å². The van der Waals surface area contributed by atoms with E-state index in [0.29, 0.717) is 26.4 Å². The molecule has 2 rings (SSSR count). The summed E-state index contributed by atoms with van der Waals surface area (Å²) >= 11 is 0. The largest absolute Gasteiger partial charge is 0.467 e. The molecule has 4 heteroatoms. The third-order valence-corrected chi connectivity index (χ3v) is 2.01. The highest BCUT2D eigenvalue weighted by Crippen LogP contribution is 2.12. The SMILES string of the molecule is NCc1coc(COC2COC2)c1. The average Bonchev–Trinajstić information content (AvgIpc) is 2.49. The van der Waals surface area contributed by atoms with Gasteiger partial charge in [0.25, 0.3) is 0 Å². The normalized spacial score (nSPS) is 17.3. The van der Waals surface area contributed by atoms with Gasteiger partial charge in [-0.3, -0.25) is 0 Å². The fraction of sp³-hybridized carbons (Fsp3) is 0.556. The summed E-state index contributed by atoms with van der Waals surface area (Å²) in [7, 11) is 0. The molecule has 2 N–H and O–H groups in total. The first-order valence-electron chi connectivity index (χ1n) is 4.34. The van der Waals surface area contributed by atoms with E-state index in [1.807, 2.05) is 6.07 Å². The summed E-state index contributed by atoms with van der Waals surface area (Å²) in [5, 5.41) is 0. The van der Waals surface area contributed by atoms with Crippen LogP contribution in [-0.2, 0) is 22.6 Å². The van der Waals surface area contributed by atoms with Crippen LogP contribution in [0.5, 0.6) is 0 Å². The van der Waals surface area contributed by atoms with Gasteiger partial charge in [-0.2, -0.15) is 0 Å². The molecule has 1 saturated heterocycles. The second-order valence-electron chi connectivity index (χ2n) is 3.10. The van der Waals surface area contributed by atoms with Gasteiger partial charge in [-0.1, -0.05) is 0 Å². The summed E-state index contributed by atoms with van der Waals surface area (Å²) in [6.07, 6.45) is 1.90. The number of rotatable bonds is 4. The van der Waals surface area contributed by atoms with Crippen molar-refractivity contribution in [2.45, 2.75) is 19.3 Å². The molecule has 1 aromatic heterocycles. The molecule has 1 aromatic rings. The highest BCUT2D eigenvalue weighted by Gasteiger charge is 2.19. The standard InChI is InChI=1S/C9H13NO3/c10-2-7-1-8(12-3-7)6-13-9-4-11-5-9/h1,3,9H,2,4-6,10H2. The van der Waals surface area contributed by atoms with Gasteiger partial charge in [-0.15, -0.1) is 0 Å². The molecule has 13 heavy (non-hydrogen) atoms. The third-order valence-electron chi connectivity index (χ3n) is 2.01. The molecule has 0 saturated carbocycles. The number of nitrogens with two attached hydrogens (primary N) is 1. The number of hydrogen-bond donors (Lipinski definition) is 1. The smallest absolute Gasteiger partial charge is 0.129 e. The van der Waals surface area contributed by atoms with Crippen molar-refractivity contribution in [2.24, 2.45) is 5.73 Å². The van der Waals surface area contributed by atoms with Crippen molar-refractivity contribution in [1.29, 1.82) is 0 Å². The van der Waals surface area contributed by atoms with Crippen LogP contribution in [0.4, 0.5) is 0 Å². The van der Waals surface area contributed by atoms with E-state index in [0.717, 1.165) is 11.3 Å². The molecule has 0 unspecified atom stereocenters. The van der Waals surface area contributed by atoms with Crippen molar-refractivity contribution in [2.75, 3.05) is 13.2 Å². The van der Waals surface area contributed by atoms with Gasteiger partial charge < -0.3 is 19.6 Å². The Bertz CT molecular complexity index is 268. The predicted octanol–water partition coefficient (Wildman–Crippen LogP) is 0.654. The van der Waals surface area contributed by atoms with Gasteiger partial charge in [-0.05, 0) is 6.07 Å². The molecule has 0 spiro atoms. The molecule has 72 valence electrons. The van der Waals surface area contributed by atoms with E-state index in [2.05, 4.69) is 0 Å². The summed E-state index contributed by atoms with van der Waals surface area (Å²) in [6, 6.07) is 1.92. The van der Waals surface area contributed by atoms with Gasteiger partial charge in [0, 0.05) is 12.1 Å². The number of ether oxygens (including phenoxy) is 2. The first-order valence-corrected chi connectivity index (χ1v) is 4.34. The maximum absolute atomic E-state index is 5.46. The summed E-state index contributed by atoms with van der Waals surface area (Å²) in [4.78, 5) is 0. The molecule has 0 amide bonds. The number of hydrogen-bond acceptors (Lipinski definition) is 4. The van der Waals surface area contributed by atoms with Crippen LogP contribution in [0, 0.1) is 0 Å². The lowest BCUT2D eigenvalue weighted by molar-refractivity contribution is -0.137. The lowest BCUT2D eigenvalue weighted by atomic mass is 10.3. The molecule has 2 heterocycles. The zero-order valence-corrected chi connectivity index (χ0v) is 7.36. The van der Waals surface area contributed by atoms with Gasteiger partial charge in [-0.25, -0.2) is 0 Å². The van der Waals surface area contributed by atoms with E-state index in [4.69, 9.17) is 19.6 Å². The fourth-order valence-electron chi connectivity index (χ4n) is 1.12. The quantitative estimate of drug-likeness (QED) is 0.744. The molecular weight excluding hydrogens is 170 g/mol. The first-order chi connectivity index (χ1) is 6.38. The van der Waals surface area contributed by atoms with Crippen LogP contribution in [0.2, 0.25) is 0 Å². The highest BCUT2D eigenvalue weighted by molar-refractivity contribution is 5.11. The highest BCUT2D eigenvalue weighted by atomic mass is 16.6. The van der Waals surface area contributed by atoms with Crippen molar-refractivity contribution in [3.8, 4) is 0 Å². The predicted molar refractivity (Wildman–Crippen MR) is 46.0 cm³/mol. The van der Waals surface area contributed by atoms with Crippen LogP contribution in [0.3, 0.4) is 0 Å². The van der Waals surface area contributed by atoms with Crippen LogP contribution in [0.25, 0.3) is 0 Å². The second-order valence-corrected chi connectivity index (χ2v) is 3.10. The zero-order chi connectivity index (χ0) is 9.10. The zero-order valence-electron chi connectivity index (χ0n) is 7.36. The summed E-state index contributed by atoms with van der Waals surface area (Å²) < 4.78 is 15.7. The fourth-order valence-corrected chi connectivity index (χ4v) is 1.12. The van der Waals surface area contributed by atoms with Gasteiger partial charge in [0.05, 0.1) is 19.5 Å². The number of furan rings is 1. The summed E-state index contributed by atoms with van der Waals surface area (Å²) in [5.74, 6) is 0.826. The van der Waals surface area contributed by atoms with Crippen molar-refractivity contribution in [3.63, 3.8) is 0 Å². The maximum atomic E-state index is 5.46. The molecule has 0 aliphatic carbocycles. The van der Waals surface area contributed by atoms with Crippen LogP contribution in [-0.4, -0.2) is 19.3 Å². The van der Waals surface area contributed by atoms with Crippen LogP contribution in [0.1, 0.15) is 11.3 Å². The Morgan fingerprint density at radius 3 is 2.92 bits per heavy atom. The Morgan fingerprint density at radius 2 is 2.38 bits per heavy atom. The van der Waals surface area contributed by atoms with Crippen LogP contribution < -0.4 is 5.73 Å². The molecule has 0 aromatic carbocycles. The Labute approximate surface area is 76.6 Å². The summed E-state index contributed by atoms with van der Waals surface area (Å²) in [6.45, 7) is 2.42. The molecule has 0 bridgehead atoms. The molecule has 0 atom stereocenters. The minimum atomic E-state index is 0.242. The lowest BCUT2D eigenvalue weighted by Gasteiger charge is -2.25. The Balaban J connectivity index is 1.79. The van der Waals surface area contributed by atoms with Gasteiger partial charge >= 0.3 is 0 Å². The minimum Gasteiger partial charge on any atom is -0.467 e. The van der Waals surface area contributed by atoms with Crippen LogP contribution >= 0.6 is 0 Å². The molecule has 1 fully saturated rings. The second kappa shape index (κ2) is 3.91. The van der Waals surface area contributed by atoms with Gasteiger partial charge in [0.1, 0.15) is 18.5 Å². The van der Waals surface area contributed by atoms with E-state index in [1.54, 1.807) is 6.26 Å². The monoisotopic (exact) mass is 183 g/mol. The van der Waals surface area contributed by atoms with E-state index in [-0.39, 0.29) is 6.10 Å². The van der Waals surface area contributed by atoms with E-state index < -0.39 is 0 Å². The van der Waals surface area contributed by atoms with Crippen molar-refractivity contribution < 1.29 is 13.9 Å². The minimum absolute atomic E-state index is 0.242. The molecular formula is C9H13NO3. The first kappa shape index (κ1) is 8.74. The van der Waals surface area contributed by atoms with E-state index in [9.17, 15) is 0 Å². The Morgan fingerprint density at radius 1 is 1.54 bits per heavy atom. The Kier molecular flexibility index (Phi) is 2.63. The van der Waals surface area contributed by atoms with Gasteiger partial charge in [0.15, 0.2) is 0 Å². The topological polar surface area (TPSA) is 57.6 Å². The molecule has 4 nitrogen and oxygen atoms in total. The molecule has 1 aliphatic heterocycles.